The Labute approximate surface area is 161 Å². The molecule has 5 nitrogen and oxygen atoms in total. The topological polar surface area (TPSA) is 49.9 Å². The first kappa shape index (κ1) is 16.8. The lowest BCUT2D eigenvalue weighted by molar-refractivity contribution is -0.131. The van der Waals surface area contributed by atoms with Gasteiger partial charge in [0.05, 0.1) is 6.61 Å². The lowest BCUT2D eigenvalue weighted by atomic mass is 9.64. The molecular formula is C22H32N2O3. The Bertz CT molecular complexity index is 669. The van der Waals surface area contributed by atoms with Crippen molar-refractivity contribution in [2.45, 2.75) is 57.9 Å². The highest BCUT2D eigenvalue weighted by molar-refractivity contribution is 5.88. The van der Waals surface area contributed by atoms with Crippen molar-refractivity contribution in [3.8, 4) is 0 Å². The van der Waals surface area contributed by atoms with Crippen molar-refractivity contribution in [3.63, 3.8) is 0 Å². The summed E-state index contributed by atoms with van der Waals surface area (Å²) in [5.74, 6) is 2.86. The van der Waals surface area contributed by atoms with E-state index in [1.807, 2.05) is 11.8 Å². The third-order valence-electron chi connectivity index (χ3n) is 9.27. The Kier molecular flexibility index (Phi) is 3.42. The zero-order valence-electron chi connectivity index (χ0n) is 16.5. The number of carbonyl (C=O) groups excluding carboxylic acids is 2. The maximum Gasteiger partial charge on any atom is 0.409 e. The lowest BCUT2D eigenvalue weighted by Crippen LogP contribution is -2.52. The Morgan fingerprint density at radius 2 is 1.81 bits per heavy atom. The van der Waals surface area contributed by atoms with Gasteiger partial charge >= 0.3 is 6.09 Å². The van der Waals surface area contributed by atoms with Crippen LogP contribution >= 0.6 is 0 Å². The second-order valence-electron chi connectivity index (χ2n) is 10.6. The van der Waals surface area contributed by atoms with Crippen LogP contribution in [0, 0.1) is 34.5 Å². The Hall–Kier alpha value is -1.10. The van der Waals surface area contributed by atoms with Crippen molar-refractivity contribution >= 4 is 11.9 Å². The summed E-state index contributed by atoms with van der Waals surface area (Å²) >= 11 is 0. The molecule has 27 heavy (non-hydrogen) atoms. The Morgan fingerprint density at radius 3 is 2.41 bits per heavy atom. The first-order valence-electron chi connectivity index (χ1n) is 11.2. The molecule has 6 rings (SSSR count). The van der Waals surface area contributed by atoms with Gasteiger partial charge in [-0.3, -0.25) is 9.69 Å². The van der Waals surface area contributed by atoms with E-state index < -0.39 is 0 Å². The first-order valence-corrected chi connectivity index (χ1v) is 11.2. The number of ketones is 1. The summed E-state index contributed by atoms with van der Waals surface area (Å²) in [6.45, 7) is 6.38. The first-order chi connectivity index (χ1) is 13.0. The van der Waals surface area contributed by atoms with Crippen LogP contribution in [-0.2, 0) is 9.53 Å². The molecule has 2 spiro atoms. The van der Waals surface area contributed by atoms with Crippen molar-refractivity contribution in [2.75, 3.05) is 32.8 Å². The van der Waals surface area contributed by atoms with E-state index in [0.29, 0.717) is 52.9 Å². The molecular weight excluding hydrogens is 340 g/mol. The molecule has 0 bridgehead atoms. The Morgan fingerprint density at radius 1 is 1.07 bits per heavy atom. The van der Waals surface area contributed by atoms with E-state index in [2.05, 4.69) is 4.90 Å². The smallest absolute Gasteiger partial charge is 0.409 e. The summed E-state index contributed by atoms with van der Waals surface area (Å²) in [6.07, 6.45) is 8.61. The fourth-order valence-electron chi connectivity index (χ4n) is 7.25. The highest BCUT2D eigenvalue weighted by Crippen LogP contribution is 2.67. The van der Waals surface area contributed by atoms with Gasteiger partial charge in [0.15, 0.2) is 0 Å². The summed E-state index contributed by atoms with van der Waals surface area (Å²) < 4.78 is 5.17. The van der Waals surface area contributed by atoms with Gasteiger partial charge in [-0.1, -0.05) is 0 Å². The van der Waals surface area contributed by atoms with Gasteiger partial charge in [0.25, 0.3) is 0 Å². The van der Waals surface area contributed by atoms with Crippen LogP contribution < -0.4 is 0 Å². The second-order valence-corrected chi connectivity index (χ2v) is 10.6. The predicted molar refractivity (Wildman–Crippen MR) is 100 cm³/mol. The van der Waals surface area contributed by atoms with E-state index in [0.717, 1.165) is 32.6 Å². The molecule has 6 fully saturated rings. The number of hydrogen-bond donors (Lipinski definition) is 0. The number of likely N-dealkylation sites (tertiary alicyclic amines) is 2. The molecule has 148 valence electrons. The normalized spacial score (nSPS) is 46.1. The molecule has 4 atom stereocenters. The lowest BCUT2D eigenvalue weighted by Gasteiger charge is -2.49. The summed E-state index contributed by atoms with van der Waals surface area (Å²) in [5.41, 5.74) is 0.852. The average Bonchev–Trinajstić information content (AvgIpc) is 3.45. The maximum absolute atomic E-state index is 12.9. The van der Waals surface area contributed by atoms with Crippen LogP contribution in [0.5, 0.6) is 0 Å². The standard InChI is InChI=1S/C22H32N2O3/c1-2-27-20(26)23-8-7-21(13-23)9-14(10-21)24-11-15-16(12-24)18(15)19(25)17-3-4-22(17)5-6-22/h14-18H,2-13H2,1H3/t14?,15-,16+,17?,18?,21?. The van der Waals surface area contributed by atoms with Crippen LogP contribution in [0.25, 0.3) is 0 Å². The minimum Gasteiger partial charge on any atom is -0.450 e. The highest BCUT2D eigenvalue weighted by Gasteiger charge is 2.67. The van der Waals surface area contributed by atoms with Gasteiger partial charge in [-0.2, -0.15) is 0 Å². The molecule has 4 saturated carbocycles. The van der Waals surface area contributed by atoms with E-state index in [1.165, 1.54) is 38.5 Å². The molecule has 0 radical (unpaired) electrons. The average molecular weight is 373 g/mol. The van der Waals surface area contributed by atoms with E-state index in [9.17, 15) is 9.59 Å². The molecule has 5 heteroatoms. The highest BCUT2D eigenvalue weighted by atomic mass is 16.6. The van der Waals surface area contributed by atoms with Crippen LogP contribution in [0.2, 0.25) is 0 Å². The van der Waals surface area contributed by atoms with E-state index in [-0.39, 0.29) is 6.09 Å². The summed E-state index contributed by atoms with van der Waals surface area (Å²) in [6, 6.07) is 0.689. The van der Waals surface area contributed by atoms with Crippen molar-refractivity contribution in [1.29, 1.82) is 0 Å². The number of Topliss-reactive ketones (excluding diaryl/α,β-unsaturated/α-hetero) is 1. The summed E-state index contributed by atoms with van der Waals surface area (Å²) in [4.78, 5) is 29.4. The van der Waals surface area contributed by atoms with Crippen LogP contribution in [-0.4, -0.2) is 60.5 Å². The van der Waals surface area contributed by atoms with Crippen molar-refractivity contribution < 1.29 is 14.3 Å². The van der Waals surface area contributed by atoms with E-state index in [4.69, 9.17) is 4.74 Å². The zero-order valence-corrected chi connectivity index (χ0v) is 16.5. The number of ether oxygens (including phenoxy) is 1. The number of rotatable bonds is 4. The Balaban J connectivity index is 0.990. The van der Waals surface area contributed by atoms with E-state index in [1.54, 1.807) is 0 Å². The molecule has 0 N–H and O–H groups in total. The number of piperidine rings is 1. The largest absolute Gasteiger partial charge is 0.450 e. The minimum atomic E-state index is -0.133. The molecule has 0 aromatic heterocycles. The monoisotopic (exact) mass is 372 g/mol. The van der Waals surface area contributed by atoms with Gasteiger partial charge in [-0.25, -0.2) is 4.79 Å². The molecule has 2 aliphatic heterocycles. The molecule has 4 aliphatic carbocycles. The fraction of sp³-hybridized carbons (Fsp3) is 0.909. The van der Waals surface area contributed by atoms with Crippen LogP contribution in [0.15, 0.2) is 0 Å². The number of amides is 1. The number of fused-ring (bicyclic) bond motifs is 1. The van der Waals surface area contributed by atoms with E-state index >= 15 is 0 Å². The third kappa shape index (κ3) is 2.39. The molecule has 1 amide bonds. The minimum absolute atomic E-state index is 0.133. The quantitative estimate of drug-likeness (QED) is 0.761. The molecule has 6 aliphatic rings. The third-order valence-corrected chi connectivity index (χ3v) is 9.27. The van der Waals surface area contributed by atoms with Gasteiger partial charge in [0.1, 0.15) is 5.78 Å². The van der Waals surface area contributed by atoms with Crippen LogP contribution in [0.3, 0.4) is 0 Å². The SMILES string of the molecule is CCOC(=O)N1CCC2(CC(N3C[C@@H]4C(C(=O)C5CCC56CC6)[C@@H]4C3)C2)C1. The molecule has 2 unspecified atom stereocenters. The molecule has 0 aromatic carbocycles. The fourth-order valence-corrected chi connectivity index (χ4v) is 7.25. The van der Waals surface area contributed by atoms with Crippen molar-refractivity contribution in [1.82, 2.24) is 9.80 Å². The number of carbonyl (C=O) groups is 2. The van der Waals surface area contributed by atoms with Gasteiger partial charge in [0, 0.05) is 44.1 Å². The summed E-state index contributed by atoms with van der Waals surface area (Å²) in [7, 11) is 0. The predicted octanol–water partition coefficient (Wildman–Crippen LogP) is 2.93. The van der Waals surface area contributed by atoms with Gasteiger partial charge in [-0.05, 0) is 74.5 Å². The maximum atomic E-state index is 12.9. The molecule has 0 aromatic rings. The zero-order chi connectivity index (χ0) is 18.4. The summed E-state index contributed by atoms with van der Waals surface area (Å²) in [5, 5.41) is 0. The van der Waals surface area contributed by atoms with Gasteiger partial charge in [0.2, 0.25) is 0 Å². The number of hydrogen-bond acceptors (Lipinski definition) is 4. The molecule has 2 saturated heterocycles. The van der Waals surface area contributed by atoms with Crippen LogP contribution in [0.4, 0.5) is 4.79 Å². The molecule has 2 heterocycles. The number of nitrogens with zero attached hydrogens (tertiary/aromatic N) is 2. The van der Waals surface area contributed by atoms with Crippen molar-refractivity contribution in [2.24, 2.45) is 34.5 Å². The second kappa shape index (κ2) is 5.49. The van der Waals surface area contributed by atoms with Gasteiger partial charge in [-0.15, -0.1) is 0 Å². The van der Waals surface area contributed by atoms with Crippen LogP contribution in [0.1, 0.15) is 51.9 Å². The van der Waals surface area contributed by atoms with Gasteiger partial charge < -0.3 is 9.64 Å². The van der Waals surface area contributed by atoms with Crippen molar-refractivity contribution in [3.05, 3.63) is 0 Å².